The molecule has 100 valence electrons. The fourth-order valence-electron chi connectivity index (χ4n) is 1.59. The first-order valence-corrected chi connectivity index (χ1v) is 7.85. The number of rotatable bonds is 6. The number of alkyl halides is 1. The molecule has 0 spiro atoms. The quantitative estimate of drug-likeness (QED) is 0.525. The van der Waals surface area contributed by atoms with Crippen LogP contribution in [0.1, 0.15) is 5.56 Å². The molecule has 0 aliphatic rings. The van der Waals surface area contributed by atoms with E-state index in [2.05, 4.69) is 37.9 Å². The van der Waals surface area contributed by atoms with Gasteiger partial charge >= 0.3 is 0 Å². The van der Waals surface area contributed by atoms with Gasteiger partial charge in [0.05, 0.1) is 0 Å². The van der Waals surface area contributed by atoms with Crippen LogP contribution in [0.3, 0.4) is 0 Å². The summed E-state index contributed by atoms with van der Waals surface area (Å²) in [6.07, 6.45) is 0. The van der Waals surface area contributed by atoms with E-state index in [4.69, 9.17) is 9.47 Å². The van der Waals surface area contributed by atoms with Gasteiger partial charge in [0.1, 0.15) is 24.7 Å². The molecule has 0 aliphatic carbocycles. The number of halogens is 2. The molecule has 2 rings (SSSR count). The van der Waals surface area contributed by atoms with Gasteiger partial charge in [0.25, 0.3) is 0 Å². The molecule has 0 heterocycles. The Morgan fingerprint density at radius 1 is 0.842 bits per heavy atom. The third-order valence-electron chi connectivity index (χ3n) is 2.47. The van der Waals surface area contributed by atoms with Crippen LogP contribution in [0.25, 0.3) is 0 Å². The third kappa shape index (κ3) is 4.88. The predicted octanol–water partition coefficient (Wildman–Crippen LogP) is 4.80. The van der Waals surface area contributed by atoms with Crippen molar-refractivity contribution < 1.29 is 9.47 Å². The van der Waals surface area contributed by atoms with Crippen LogP contribution >= 0.6 is 31.9 Å². The van der Waals surface area contributed by atoms with Gasteiger partial charge in [0.2, 0.25) is 0 Å². The summed E-state index contributed by atoms with van der Waals surface area (Å²) < 4.78 is 12.3. The van der Waals surface area contributed by atoms with Gasteiger partial charge in [-0.25, -0.2) is 0 Å². The van der Waals surface area contributed by atoms with Gasteiger partial charge in [-0.2, -0.15) is 0 Å². The van der Waals surface area contributed by atoms with Crippen molar-refractivity contribution in [1.29, 1.82) is 0 Å². The monoisotopic (exact) mass is 384 g/mol. The summed E-state index contributed by atoms with van der Waals surface area (Å²) in [7, 11) is 0. The summed E-state index contributed by atoms with van der Waals surface area (Å²) >= 11 is 6.83. The van der Waals surface area contributed by atoms with Gasteiger partial charge in [-0.05, 0) is 35.9 Å². The summed E-state index contributed by atoms with van der Waals surface area (Å²) in [5, 5.41) is 0.832. The smallest absolute Gasteiger partial charge is 0.122 e. The maximum Gasteiger partial charge on any atom is 0.122 e. The van der Waals surface area contributed by atoms with E-state index >= 15 is 0 Å². The van der Waals surface area contributed by atoms with Crippen LogP contribution in [0.4, 0.5) is 0 Å². The summed E-state index contributed by atoms with van der Waals surface area (Å²) in [5.74, 6) is 1.71. The molecular formula is C15H14Br2O2. The molecule has 0 radical (unpaired) electrons. The molecule has 0 N–H and O–H groups in total. The molecule has 2 aromatic carbocycles. The van der Waals surface area contributed by atoms with Crippen molar-refractivity contribution in [2.75, 3.05) is 13.2 Å². The Bertz CT molecular complexity index is 529. The van der Waals surface area contributed by atoms with Crippen molar-refractivity contribution in [3.05, 3.63) is 58.6 Å². The zero-order valence-electron chi connectivity index (χ0n) is 10.3. The molecule has 0 aromatic heterocycles. The minimum Gasteiger partial charge on any atom is -0.490 e. The summed E-state index contributed by atoms with van der Waals surface area (Å²) in [6.45, 7) is 1.05. The molecule has 0 saturated carbocycles. The molecule has 0 aliphatic heterocycles. The van der Waals surface area contributed by atoms with Gasteiger partial charge in [0, 0.05) is 9.80 Å². The molecule has 0 atom stereocenters. The van der Waals surface area contributed by atoms with Gasteiger partial charge in [-0.1, -0.05) is 50.1 Å². The second-order valence-corrected chi connectivity index (χ2v) is 5.41. The lowest BCUT2D eigenvalue weighted by Gasteiger charge is -2.09. The lowest BCUT2D eigenvalue weighted by atomic mass is 10.2. The zero-order valence-corrected chi connectivity index (χ0v) is 13.5. The molecule has 0 amide bonds. The summed E-state index contributed by atoms with van der Waals surface area (Å²) in [5.41, 5.74) is 1.20. The van der Waals surface area contributed by atoms with Crippen LogP contribution in [0.15, 0.2) is 53.0 Å². The van der Waals surface area contributed by atoms with Gasteiger partial charge in [-0.3, -0.25) is 0 Å². The van der Waals surface area contributed by atoms with Gasteiger partial charge < -0.3 is 9.47 Å². The van der Waals surface area contributed by atoms with Crippen LogP contribution in [0.5, 0.6) is 11.5 Å². The molecule has 4 heteroatoms. The number of benzene rings is 2. The van der Waals surface area contributed by atoms with Gasteiger partial charge in [0.15, 0.2) is 0 Å². The number of ether oxygens (including phenoxy) is 2. The first kappa shape index (κ1) is 14.4. The second kappa shape index (κ2) is 7.56. The highest BCUT2D eigenvalue weighted by Gasteiger charge is 1.98. The maximum absolute atomic E-state index is 5.64. The van der Waals surface area contributed by atoms with E-state index in [1.807, 2.05) is 42.5 Å². The van der Waals surface area contributed by atoms with E-state index in [1.54, 1.807) is 0 Å². The maximum atomic E-state index is 5.64. The van der Waals surface area contributed by atoms with Crippen LogP contribution < -0.4 is 9.47 Å². The Labute approximate surface area is 130 Å². The van der Waals surface area contributed by atoms with E-state index in [-0.39, 0.29) is 0 Å². The van der Waals surface area contributed by atoms with Crippen molar-refractivity contribution in [2.24, 2.45) is 0 Å². The van der Waals surface area contributed by atoms with E-state index in [1.165, 1.54) is 5.56 Å². The average molecular weight is 386 g/mol. The largest absolute Gasteiger partial charge is 0.490 e. The third-order valence-corrected chi connectivity index (χ3v) is 3.61. The van der Waals surface area contributed by atoms with Crippen molar-refractivity contribution in [2.45, 2.75) is 5.33 Å². The highest BCUT2D eigenvalue weighted by Crippen LogP contribution is 2.18. The van der Waals surface area contributed by atoms with E-state index in [0.717, 1.165) is 21.3 Å². The standard InChI is InChI=1S/C15H14Br2O2/c16-11-12-3-1-5-14(9-12)18-7-8-19-15-6-2-4-13(17)10-15/h1-6,9-10H,7-8,11H2. The zero-order chi connectivity index (χ0) is 13.5. The summed E-state index contributed by atoms with van der Waals surface area (Å²) in [4.78, 5) is 0. The Kier molecular flexibility index (Phi) is 5.73. The Balaban J connectivity index is 1.77. The van der Waals surface area contributed by atoms with E-state index in [0.29, 0.717) is 13.2 Å². The molecule has 0 unspecified atom stereocenters. The molecule has 2 nitrogen and oxygen atoms in total. The molecule has 2 aromatic rings. The van der Waals surface area contributed by atoms with Crippen LogP contribution in [-0.4, -0.2) is 13.2 Å². The molecular weight excluding hydrogens is 372 g/mol. The Morgan fingerprint density at radius 3 is 2.11 bits per heavy atom. The minimum atomic E-state index is 0.523. The van der Waals surface area contributed by atoms with Crippen molar-refractivity contribution in [3.63, 3.8) is 0 Å². The number of hydrogen-bond donors (Lipinski definition) is 0. The lowest BCUT2D eigenvalue weighted by Crippen LogP contribution is -2.09. The van der Waals surface area contributed by atoms with Crippen molar-refractivity contribution in [1.82, 2.24) is 0 Å². The normalized spacial score (nSPS) is 10.2. The molecule has 19 heavy (non-hydrogen) atoms. The molecule has 0 saturated heterocycles. The first-order chi connectivity index (χ1) is 9.28. The fourth-order valence-corrected chi connectivity index (χ4v) is 2.32. The van der Waals surface area contributed by atoms with Crippen LogP contribution in [0, 0.1) is 0 Å². The van der Waals surface area contributed by atoms with Gasteiger partial charge in [-0.15, -0.1) is 0 Å². The highest BCUT2D eigenvalue weighted by atomic mass is 79.9. The van der Waals surface area contributed by atoms with Crippen molar-refractivity contribution in [3.8, 4) is 11.5 Å². The van der Waals surface area contributed by atoms with Crippen LogP contribution in [0.2, 0.25) is 0 Å². The first-order valence-electron chi connectivity index (χ1n) is 5.94. The lowest BCUT2D eigenvalue weighted by molar-refractivity contribution is 0.217. The fraction of sp³-hybridized carbons (Fsp3) is 0.200. The van der Waals surface area contributed by atoms with Crippen molar-refractivity contribution >= 4 is 31.9 Å². The Hall–Kier alpha value is -1.00. The highest BCUT2D eigenvalue weighted by molar-refractivity contribution is 9.10. The molecule has 0 bridgehead atoms. The van der Waals surface area contributed by atoms with E-state index < -0.39 is 0 Å². The molecule has 0 fully saturated rings. The van der Waals surface area contributed by atoms with E-state index in [9.17, 15) is 0 Å². The Morgan fingerprint density at radius 2 is 1.47 bits per heavy atom. The average Bonchev–Trinajstić information content (AvgIpc) is 2.44. The predicted molar refractivity (Wildman–Crippen MR) is 84.2 cm³/mol. The second-order valence-electron chi connectivity index (χ2n) is 3.94. The SMILES string of the molecule is BrCc1cccc(OCCOc2cccc(Br)c2)c1. The minimum absolute atomic E-state index is 0.523. The van der Waals surface area contributed by atoms with Crippen LogP contribution in [-0.2, 0) is 5.33 Å². The summed E-state index contributed by atoms with van der Waals surface area (Å²) in [6, 6.07) is 15.8. The number of hydrogen-bond acceptors (Lipinski definition) is 2. The topological polar surface area (TPSA) is 18.5 Å².